The summed E-state index contributed by atoms with van der Waals surface area (Å²) in [7, 11) is 1.74. The number of hydrogen-bond acceptors (Lipinski definition) is 3. The highest BCUT2D eigenvalue weighted by molar-refractivity contribution is 6.31. The van der Waals surface area contributed by atoms with Crippen LogP contribution in [0.2, 0.25) is 5.02 Å². The lowest BCUT2D eigenvalue weighted by Gasteiger charge is -2.30. The first-order valence-electron chi connectivity index (χ1n) is 6.83. The van der Waals surface area contributed by atoms with Gasteiger partial charge in [-0.15, -0.1) is 0 Å². The van der Waals surface area contributed by atoms with Gasteiger partial charge in [0.15, 0.2) is 0 Å². The summed E-state index contributed by atoms with van der Waals surface area (Å²) < 4.78 is 7.53. The lowest BCUT2D eigenvalue weighted by molar-refractivity contribution is 0.00618. The van der Waals surface area contributed by atoms with Gasteiger partial charge in [-0.2, -0.15) is 5.10 Å². The van der Waals surface area contributed by atoms with Crippen LogP contribution in [0.15, 0.2) is 6.20 Å². The summed E-state index contributed by atoms with van der Waals surface area (Å²) in [5, 5.41) is 8.58. The molecule has 0 fully saturated rings. The quantitative estimate of drug-likeness (QED) is 0.833. The maximum absolute atomic E-state index is 6.33. The van der Waals surface area contributed by atoms with E-state index in [1.807, 2.05) is 4.68 Å². The fraction of sp³-hybridized carbons (Fsp3) is 0.786. The van der Waals surface area contributed by atoms with Gasteiger partial charge in [0.25, 0.3) is 0 Å². The fourth-order valence-corrected chi connectivity index (χ4v) is 2.44. The van der Waals surface area contributed by atoms with E-state index >= 15 is 0 Å². The number of rotatable bonds is 7. The minimum absolute atomic E-state index is 0.136. The predicted octanol–water partition coefficient (Wildman–Crippen LogP) is 3.58. The number of nitrogens with one attached hydrogen (secondary N) is 1. The lowest BCUT2D eigenvalue weighted by atomic mass is 9.96. The first-order chi connectivity index (χ1) is 8.82. The molecule has 110 valence electrons. The zero-order chi connectivity index (χ0) is 14.6. The molecule has 0 spiro atoms. The van der Waals surface area contributed by atoms with E-state index in [9.17, 15) is 0 Å². The molecule has 0 bridgehead atoms. The van der Waals surface area contributed by atoms with Gasteiger partial charge in [0, 0.05) is 13.2 Å². The van der Waals surface area contributed by atoms with Gasteiger partial charge in [0.1, 0.15) is 0 Å². The Morgan fingerprint density at radius 2 is 2.11 bits per heavy atom. The van der Waals surface area contributed by atoms with Gasteiger partial charge in [0.05, 0.1) is 28.6 Å². The third-order valence-corrected chi connectivity index (χ3v) is 3.60. The Hall–Kier alpha value is -0.580. The SMILES string of the molecule is CCNC(CC(C)(C)OC)c1c(Cl)cnn1C(C)C. The normalized spacial score (nSPS) is 14.1. The summed E-state index contributed by atoms with van der Waals surface area (Å²) in [5.41, 5.74) is 0.839. The van der Waals surface area contributed by atoms with Crippen LogP contribution in [-0.2, 0) is 4.74 Å². The predicted molar refractivity (Wildman–Crippen MR) is 79.7 cm³/mol. The molecule has 0 aliphatic heterocycles. The molecular formula is C14H26ClN3O. The zero-order valence-corrected chi connectivity index (χ0v) is 13.6. The number of aromatic nitrogens is 2. The molecular weight excluding hydrogens is 262 g/mol. The average molecular weight is 288 g/mol. The first-order valence-corrected chi connectivity index (χ1v) is 7.21. The summed E-state index contributed by atoms with van der Waals surface area (Å²) in [6.45, 7) is 11.4. The monoisotopic (exact) mass is 287 g/mol. The Bertz CT molecular complexity index is 401. The minimum Gasteiger partial charge on any atom is -0.379 e. The van der Waals surface area contributed by atoms with E-state index < -0.39 is 0 Å². The molecule has 1 heterocycles. The third kappa shape index (κ3) is 4.20. The Morgan fingerprint density at radius 1 is 1.47 bits per heavy atom. The van der Waals surface area contributed by atoms with Crippen molar-refractivity contribution >= 4 is 11.6 Å². The number of nitrogens with zero attached hydrogens (tertiary/aromatic N) is 2. The Balaban J connectivity index is 3.08. The highest BCUT2D eigenvalue weighted by atomic mass is 35.5. The summed E-state index contributed by atoms with van der Waals surface area (Å²) in [5.74, 6) is 0. The lowest BCUT2D eigenvalue weighted by Crippen LogP contribution is -2.33. The van der Waals surface area contributed by atoms with Crippen LogP contribution >= 0.6 is 11.6 Å². The molecule has 1 unspecified atom stereocenters. The van der Waals surface area contributed by atoms with Crippen molar-refractivity contribution in [1.82, 2.24) is 15.1 Å². The second-order valence-corrected chi connectivity index (χ2v) is 6.10. The van der Waals surface area contributed by atoms with Crippen LogP contribution in [0.5, 0.6) is 0 Å². The van der Waals surface area contributed by atoms with Crippen molar-refractivity contribution in [2.75, 3.05) is 13.7 Å². The molecule has 1 N–H and O–H groups in total. The molecule has 1 atom stereocenters. The molecule has 1 aromatic rings. The van der Waals surface area contributed by atoms with Gasteiger partial charge in [0.2, 0.25) is 0 Å². The van der Waals surface area contributed by atoms with Gasteiger partial charge in [-0.1, -0.05) is 18.5 Å². The maximum atomic E-state index is 6.33. The Kier molecular flexibility index (Phi) is 5.83. The highest BCUT2D eigenvalue weighted by Crippen LogP contribution is 2.31. The van der Waals surface area contributed by atoms with Crippen molar-refractivity contribution in [1.29, 1.82) is 0 Å². The summed E-state index contributed by atoms with van der Waals surface area (Å²) in [6, 6.07) is 0.423. The number of methoxy groups -OCH3 is 1. The second-order valence-electron chi connectivity index (χ2n) is 5.69. The number of ether oxygens (including phenoxy) is 1. The third-order valence-electron chi connectivity index (χ3n) is 3.31. The topological polar surface area (TPSA) is 39.1 Å². The first kappa shape index (κ1) is 16.5. The van der Waals surface area contributed by atoms with Gasteiger partial charge < -0.3 is 10.1 Å². The highest BCUT2D eigenvalue weighted by Gasteiger charge is 2.28. The van der Waals surface area contributed by atoms with Crippen LogP contribution in [0.25, 0.3) is 0 Å². The summed E-state index contributed by atoms with van der Waals surface area (Å²) in [4.78, 5) is 0. The van der Waals surface area contributed by atoms with E-state index in [4.69, 9.17) is 16.3 Å². The van der Waals surface area contributed by atoms with Crippen molar-refractivity contribution in [3.63, 3.8) is 0 Å². The summed E-state index contributed by atoms with van der Waals surface area (Å²) in [6.07, 6.45) is 2.57. The van der Waals surface area contributed by atoms with E-state index in [1.165, 1.54) is 0 Å². The van der Waals surface area contributed by atoms with Crippen LogP contribution in [-0.4, -0.2) is 29.0 Å². The summed E-state index contributed by atoms with van der Waals surface area (Å²) >= 11 is 6.33. The number of halogens is 1. The molecule has 0 saturated carbocycles. The average Bonchev–Trinajstić information content (AvgIpc) is 2.70. The van der Waals surface area contributed by atoms with Crippen molar-refractivity contribution < 1.29 is 4.74 Å². The molecule has 0 radical (unpaired) electrons. The zero-order valence-electron chi connectivity index (χ0n) is 12.8. The van der Waals surface area contributed by atoms with Crippen LogP contribution in [0.3, 0.4) is 0 Å². The molecule has 1 rings (SSSR count). The molecule has 19 heavy (non-hydrogen) atoms. The smallest absolute Gasteiger partial charge is 0.0834 e. The molecule has 0 aliphatic carbocycles. The van der Waals surface area contributed by atoms with E-state index in [0.717, 1.165) is 18.7 Å². The molecule has 5 heteroatoms. The molecule has 0 saturated heterocycles. The molecule has 0 aliphatic rings. The van der Waals surface area contributed by atoms with E-state index in [0.29, 0.717) is 5.02 Å². The van der Waals surface area contributed by atoms with E-state index in [2.05, 4.69) is 45.0 Å². The molecule has 0 aromatic carbocycles. The van der Waals surface area contributed by atoms with E-state index in [1.54, 1.807) is 13.3 Å². The van der Waals surface area contributed by atoms with E-state index in [-0.39, 0.29) is 17.7 Å². The minimum atomic E-state index is -0.206. The fourth-order valence-electron chi connectivity index (χ4n) is 2.18. The Labute approximate surface area is 121 Å². The maximum Gasteiger partial charge on any atom is 0.0834 e. The molecule has 0 amide bonds. The van der Waals surface area contributed by atoms with Gasteiger partial charge in [-0.05, 0) is 40.7 Å². The largest absolute Gasteiger partial charge is 0.379 e. The Morgan fingerprint density at radius 3 is 2.58 bits per heavy atom. The van der Waals surface area contributed by atoms with Crippen molar-refractivity contribution in [2.24, 2.45) is 0 Å². The second kappa shape index (κ2) is 6.73. The standard InChI is InChI=1S/C14H26ClN3O/c1-7-16-12(8-14(4,5)19-6)13-11(15)9-17-18(13)10(2)3/h9-10,12,16H,7-8H2,1-6H3. The van der Waals surface area contributed by atoms with Gasteiger partial charge >= 0.3 is 0 Å². The van der Waals surface area contributed by atoms with Crippen LogP contribution in [0, 0.1) is 0 Å². The van der Waals surface area contributed by atoms with Crippen LogP contribution in [0.4, 0.5) is 0 Å². The van der Waals surface area contributed by atoms with Crippen molar-refractivity contribution in [2.45, 2.75) is 58.7 Å². The van der Waals surface area contributed by atoms with Gasteiger partial charge in [-0.3, -0.25) is 4.68 Å². The number of hydrogen-bond donors (Lipinski definition) is 1. The van der Waals surface area contributed by atoms with Crippen LogP contribution in [0.1, 0.15) is 58.8 Å². The van der Waals surface area contributed by atoms with Crippen LogP contribution < -0.4 is 5.32 Å². The molecule has 4 nitrogen and oxygen atoms in total. The van der Waals surface area contributed by atoms with Crippen molar-refractivity contribution in [3.05, 3.63) is 16.9 Å². The van der Waals surface area contributed by atoms with Gasteiger partial charge in [-0.25, -0.2) is 0 Å². The molecule has 1 aromatic heterocycles. The van der Waals surface area contributed by atoms with Crippen molar-refractivity contribution in [3.8, 4) is 0 Å².